The second-order valence-electron chi connectivity index (χ2n) is 6.33. The van der Waals surface area contributed by atoms with E-state index in [4.69, 9.17) is 19.5 Å². The number of nitrogens with two attached hydrogens (primary N) is 1. The standard InChI is InChI=1S/C21H31N2O4P/c1-3-26-28(24,27-4-2)15-9-8-14-23-21-16-19(12-13-20(21)22)25-17-18-10-6-5-7-11-18/h5-7,10-13,16,23H,3-4,8-9,14-15,17,22H2,1-2H3. The third-order valence-corrected chi connectivity index (χ3v) is 6.27. The second-order valence-corrected chi connectivity index (χ2v) is 8.51. The van der Waals surface area contributed by atoms with E-state index in [1.807, 2.05) is 62.4 Å². The van der Waals surface area contributed by atoms with Gasteiger partial charge in [-0.15, -0.1) is 0 Å². The van der Waals surface area contributed by atoms with Crippen molar-refractivity contribution >= 4 is 19.0 Å². The molecule has 0 bridgehead atoms. The molecule has 0 atom stereocenters. The number of rotatable bonds is 13. The quantitative estimate of drug-likeness (QED) is 0.267. The van der Waals surface area contributed by atoms with Crippen molar-refractivity contribution in [2.75, 3.05) is 37.0 Å². The predicted molar refractivity (Wildman–Crippen MR) is 115 cm³/mol. The summed E-state index contributed by atoms with van der Waals surface area (Å²) in [4.78, 5) is 0. The van der Waals surface area contributed by atoms with Gasteiger partial charge in [-0.2, -0.15) is 0 Å². The molecule has 0 saturated carbocycles. The van der Waals surface area contributed by atoms with E-state index in [0.29, 0.717) is 38.2 Å². The monoisotopic (exact) mass is 406 g/mol. The van der Waals surface area contributed by atoms with Gasteiger partial charge in [-0.25, -0.2) is 0 Å². The molecule has 6 nitrogen and oxygen atoms in total. The highest BCUT2D eigenvalue weighted by molar-refractivity contribution is 7.53. The van der Waals surface area contributed by atoms with Crippen LogP contribution in [0.25, 0.3) is 0 Å². The second kappa shape index (κ2) is 11.7. The summed E-state index contributed by atoms with van der Waals surface area (Å²) >= 11 is 0. The Morgan fingerprint density at radius 1 is 1.00 bits per heavy atom. The van der Waals surface area contributed by atoms with E-state index in [1.165, 1.54) is 0 Å². The molecular formula is C21H31N2O4P. The van der Waals surface area contributed by atoms with Gasteiger partial charge in [0.25, 0.3) is 0 Å². The number of anilines is 2. The van der Waals surface area contributed by atoms with Crippen molar-refractivity contribution in [3.05, 3.63) is 54.1 Å². The molecule has 0 radical (unpaired) electrons. The molecule has 7 heteroatoms. The molecule has 0 spiro atoms. The van der Waals surface area contributed by atoms with E-state index in [0.717, 1.165) is 29.8 Å². The van der Waals surface area contributed by atoms with Crippen LogP contribution in [0.2, 0.25) is 0 Å². The molecule has 0 amide bonds. The lowest BCUT2D eigenvalue weighted by atomic mass is 10.2. The summed E-state index contributed by atoms with van der Waals surface area (Å²) in [6, 6.07) is 15.6. The van der Waals surface area contributed by atoms with E-state index < -0.39 is 7.60 Å². The summed E-state index contributed by atoms with van der Waals surface area (Å²) in [5, 5.41) is 3.33. The average molecular weight is 406 g/mol. The van der Waals surface area contributed by atoms with Crippen molar-refractivity contribution in [1.29, 1.82) is 0 Å². The smallest absolute Gasteiger partial charge is 0.330 e. The zero-order valence-corrected chi connectivity index (χ0v) is 17.6. The van der Waals surface area contributed by atoms with Crippen LogP contribution in [0.15, 0.2) is 48.5 Å². The highest BCUT2D eigenvalue weighted by Gasteiger charge is 2.22. The van der Waals surface area contributed by atoms with Crippen LogP contribution in [0.1, 0.15) is 32.3 Å². The van der Waals surface area contributed by atoms with Crippen LogP contribution in [0.3, 0.4) is 0 Å². The van der Waals surface area contributed by atoms with Crippen LogP contribution in [0, 0.1) is 0 Å². The van der Waals surface area contributed by atoms with Crippen molar-refractivity contribution < 1.29 is 18.3 Å². The molecule has 154 valence electrons. The molecule has 2 aromatic carbocycles. The van der Waals surface area contributed by atoms with Crippen molar-refractivity contribution in [2.24, 2.45) is 0 Å². The first-order chi connectivity index (χ1) is 13.6. The highest BCUT2D eigenvalue weighted by atomic mass is 31.2. The topological polar surface area (TPSA) is 82.8 Å². The molecule has 2 rings (SSSR count). The van der Waals surface area contributed by atoms with Gasteiger partial charge in [-0.1, -0.05) is 30.3 Å². The fourth-order valence-corrected chi connectivity index (χ4v) is 4.46. The number of nitrogen functional groups attached to an aromatic ring is 1. The van der Waals surface area contributed by atoms with E-state index in [-0.39, 0.29) is 0 Å². The average Bonchev–Trinajstić information content (AvgIpc) is 2.69. The van der Waals surface area contributed by atoms with E-state index in [9.17, 15) is 4.57 Å². The number of unbranched alkanes of at least 4 members (excludes halogenated alkanes) is 1. The van der Waals surface area contributed by atoms with Gasteiger partial charge in [0, 0.05) is 12.6 Å². The number of hydrogen-bond donors (Lipinski definition) is 2. The van der Waals surface area contributed by atoms with Crippen molar-refractivity contribution in [3.63, 3.8) is 0 Å². The molecule has 3 N–H and O–H groups in total. The summed E-state index contributed by atoms with van der Waals surface area (Å²) in [6.07, 6.45) is 2.00. The molecule has 0 aliphatic rings. The normalized spacial score (nSPS) is 11.4. The lowest BCUT2D eigenvalue weighted by Crippen LogP contribution is -2.07. The third kappa shape index (κ3) is 7.55. The van der Waals surface area contributed by atoms with Gasteiger partial charge in [0.15, 0.2) is 0 Å². The van der Waals surface area contributed by atoms with Gasteiger partial charge in [-0.3, -0.25) is 4.57 Å². The molecule has 0 unspecified atom stereocenters. The predicted octanol–water partition coefficient (Wildman–Crippen LogP) is 5.31. The van der Waals surface area contributed by atoms with E-state index >= 15 is 0 Å². The Morgan fingerprint density at radius 3 is 2.39 bits per heavy atom. The molecule has 28 heavy (non-hydrogen) atoms. The molecule has 0 fully saturated rings. The number of benzene rings is 2. The minimum atomic E-state index is -2.96. The van der Waals surface area contributed by atoms with Crippen LogP contribution in [-0.4, -0.2) is 25.9 Å². The van der Waals surface area contributed by atoms with Gasteiger partial charge in [-0.05, 0) is 44.4 Å². The lowest BCUT2D eigenvalue weighted by Gasteiger charge is -2.17. The van der Waals surface area contributed by atoms with Crippen molar-refractivity contribution in [2.45, 2.75) is 33.3 Å². The van der Waals surface area contributed by atoms with Crippen molar-refractivity contribution in [3.8, 4) is 5.75 Å². The molecule has 0 aliphatic heterocycles. The number of nitrogens with one attached hydrogen (secondary N) is 1. The molecule has 2 aromatic rings. The lowest BCUT2D eigenvalue weighted by molar-refractivity contribution is 0.219. The first-order valence-electron chi connectivity index (χ1n) is 9.74. The van der Waals surface area contributed by atoms with Crippen LogP contribution >= 0.6 is 7.60 Å². The minimum Gasteiger partial charge on any atom is -0.489 e. The Kier molecular flexibility index (Phi) is 9.35. The Hall–Kier alpha value is -2.01. The molecule has 0 saturated heterocycles. The SMILES string of the molecule is CCOP(=O)(CCCCNc1cc(OCc2ccccc2)ccc1N)OCC. The Morgan fingerprint density at radius 2 is 1.71 bits per heavy atom. The summed E-state index contributed by atoms with van der Waals surface area (Å²) in [5.41, 5.74) is 8.67. The summed E-state index contributed by atoms with van der Waals surface area (Å²) in [5.74, 6) is 0.762. The first kappa shape index (κ1) is 22.3. The van der Waals surface area contributed by atoms with E-state index in [2.05, 4.69) is 5.32 Å². The maximum Gasteiger partial charge on any atom is 0.330 e. The molecule has 0 heterocycles. The minimum absolute atomic E-state index is 0.391. The van der Waals surface area contributed by atoms with Crippen molar-refractivity contribution in [1.82, 2.24) is 0 Å². The Balaban J connectivity index is 1.79. The van der Waals surface area contributed by atoms with Crippen LogP contribution in [-0.2, 0) is 20.2 Å². The van der Waals surface area contributed by atoms with Gasteiger partial charge in [0.2, 0.25) is 0 Å². The largest absolute Gasteiger partial charge is 0.489 e. The molecule has 0 aromatic heterocycles. The van der Waals surface area contributed by atoms with Gasteiger partial charge in [0.05, 0.1) is 30.8 Å². The van der Waals surface area contributed by atoms with Gasteiger partial charge in [0.1, 0.15) is 12.4 Å². The number of ether oxygens (including phenoxy) is 1. The maximum absolute atomic E-state index is 12.4. The van der Waals surface area contributed by atoms with Gasteiger partial charge >= 0.3 is 7.60 Å². The fraction of sp³-hybridized carbons (Fsp3) is 0.429. The van der Waals surface area contributed by atoms with Crippen LogP contribution < -0.4 is 15.8 Å². The molecular weight excluding hydrogens is 375 g/mol. The highest BCUT2D eigenvalue weighted by Crippen LogP contribution is 2.48. The van der Waals surface area contributed by atoms with Crippen LogP contribution in [0.4, 0.5) is 11.4 Å². The zero-order valence-electron chi connectivity index (χ0n) is 16.7. The summed E-state index contributed by atoms with van der Waals surface area (Å²) < 4.78 is 28.9. The maximum atomic E-state index is 12.4. The van der Waals surface area contributed by atoms with Crippen LogP contribution in [0.5, 0.6) is 5.75 Å². The third-order valence-electron chi connectivity index (χ3n) is 4.10. The summed E-state index contributed by atoms with van der Waals surface area (Å²) in [6.45, 7) is 5.65. The van der Waals surface area contributed by atoms with E-state index in [1.54, 1.807) is 0 Å². The first-order valence-corrected chi connectivity index (χ1v) is 11.5. The Labute approximate surface area is 167 Å². The molecule has 0 aliphatic carbocycles. The fourth-order valence-electron chi connectivity index (χ4n) is 2.73. The number of hydrogen-bond acceptors (Lipinski definition) is 6. The Bertz CT molecular complexity index is 745. The summed E-state index contributed by atoms with van der Waals surface area (Å²) in [7, 11) is -2.96. The van der Waals surface area contributed by atoms with Gasteiger partial charge < -0.3 is 24.8 Å². The zero-order chi connectivity index (χ0) is 20.2.